The van der Waals surface area contributed by atoms with Crippen molar-refractivity contribution in [1.29, 1.82) is 5.26 Å². The molecule has 0 aliphatic rings. The Hall–Kier alpha value is -1.53. The van der Waals surface area contributed by atoms with Crippen LogP contribution in [0, 0.1) is 11.3 Å². The number of rotatable bonds is 2. The van der Waals surface area contributed by atoms with Crippen molar-refractivity contribution in [2.75, 3.05) is 0 Å². The summed E-state index contributed by atoms with van der Waals surface area (Å²) in [6.45, 7) is 1.93. The summed E-state index contributed by atoms with van der Waals surface area (Å²) in [6.07, 6.45) is 0.739. The molecule has 0 bridgehead atoms. The standard InChI is InChI=1S/C10H12N2O/c1-2-9(12)8-5-7(6-11)3-4-10(8)13/h3-5,9,13H,2,12H2,1H3/t9-/m1/s1. The molecule has 0 fully saturated rings. The molecule has 0 spiro atoms. The Bertz CT molecular complexity index is 341. The summed E-state index contributed by atoms with van der Waals surface area (Å²) >= 11 is 0. The molecule has 0 amide bonds. The highest BCUT2D eigenvalue weighted by molar-refractivity contribution is 5.42. The molecule has 1 aromatic carbocycles. The minimum atomic E-state index is -0.201. The van der Waals surface area contributed by atoms with E-state index in [2.05, 4.69) is 0 Å². The van der Waals surface area contributed by atoms with Crippen LogP contribution in [-0.4, -0.2) is 5.11 Å². The van der Waals surface area contributed by atoms with Crippen molar-refractivity contribution in [3.8, 4) is 11.8 Å². The Labute approximate surface area is 77.4 Å². The monoisotopic (exact) mass is 176 g/mol. The Morgan fingerprint density at radius 2 is 2.31 bits per heavy atom. The lowest BCUT2D eigenvalue weighted by atomic mass is 10.0. The van der Waals surface area contributed by atoms with Crippen LogP contribution in [0.3, 0.4) is 0 Å². The van der Waals surface area contributed by atoms with Crippen molar-refractivity contribution < 1.29 is 5.11 Å². The van der Waals surface area contributed by atoms with E-state index in [0.29, 0.717) is 11.1 Å². The van der Waals surface area contributed by atoms with Gasteiger partial charge in [0.2, 0.25) is 0 Å². The van der Waals surface area contributed by atoms with E-state index >= 15 is 0 Å². The smallest absolute Gasteiger partial charge is 0.120 e. The van der Waals surface area contributed by atoms with E-state index in [1.165, 1.54) is 6.07 Å². The lowest BCUT2D eigenvalue weighted by molar-refractivity contribution is 0.460. The van der Waals surface area contributed by atoms with E-state index < -0.39 is 0 Å². The molecule has 0 aromatic heterocycles. The van der Waals surface area contributed by atoms with E-state index in [0.717, 1.165) is 6.42 Å². The van der Waals surface area contributed by atoms with Crippen molar-refractivity contribution in [2.24, 2.45) is 5.73 Å². The molecule has 3 nitrogen and oxygen atoms in total. The fraction of sp³-hybridized carbons (Fsp3) is 0.300. The van der Waals surface area contributed by atoms with Crippen LogP contribution in [0.25, 0.3) is 0 Å². The van der Waals surface area contributed by atoms with Crippen LogP contribution >= 0.6 is 0 Å². The minimum Gasteiger partial charge on any atom is -0.508 e. The zero-order valence-corrected chi connectivity index (χ0v) is 7.49. The summed E-state index contributed by atoms with van der Waals surface area (Å²) in [5.74, 6) is 0.161. The summed E-state index contributed by atoms with van der Waals surface area (Å²) in [5.41, 5.74) is 6.91. The maximum Gasteiger partial charge on any atom is 0.120 e. The van der Waals surface area contributed by atoms with Crippen LogP contribution in [-0.2, 0) is 0 Å². The molecule has 1 rings (SSSR count). The number of hydrogen-bond acceptors (Lipinski definition) is 3. The second-order valence-corrected chi connectivity index (χ2v) is 2.90. The summed E-state index contributed by atoms with van der Waals surface area (Å²) in [7, 11) is 0. The van der Waals surface area contributed by atoms with Crippen LogP contribution in [0.5, 0.6) is 5.75 Å². The highest BCUT2D eigenvalue weighted by Crippen LogP contribution is 2.25. The van der Waals surface area contributed by atoms with E-state index in [9.17, 15) is 5.11 Å². The van der Waals surface area contributed by atoms with E-state index in [1.54, 1.807) is 12.1 Å². The fourth-order valence-electron chi connectivity index (χ4n) is 1.14. The number of phenols is 1. The number of nitrogens with zero attached hydrogens (tertiary/aromatic N) is 1. The van der Waals surface area contributed by atoms with E-state index in [1.807, 2.05) is 13.0 Å². The van der Waals surface area contributed by atoms with Crippen LogP contribution in [0.1, 0.15) is 30.5 Å². The normalized spacial score (nSPS) is 12.1. The van der Waals surface area contributed by atoms with Gasteiger partial charge in [-0.2, -0.15) is 5.26 Å². The number of nitrogens with two attached hydrogens (primary N) is 1. The fourth-order valence-corrected chi connectivity index (χ4v) is 1.14. The molecule has 0 aliphatic carbocycles. The highest BCUT2D eigenvalue weighted by Gasteiger charge is 2.09. The molecular weight excluding hydrogens is 164 g/mol. The van der Waals surface area contributed by atoms with Crippen molar-refractivity contribution in [3.63, 3.8) is 0 Å². The molecule has 13 heavy (non-hydrogen) atoms. The predicted molar refractivity (Wildman–Crippen MR) is 50.0 cm³/mol. The van der Waals surface area contributed by atoms with Gasteiger partial charge in [0.25, 0.3) is 0 Å². The minimum absolute atomic E-state index is 0.161. The Morgan fingerprint density at radius 3 is 2.85 bits per heavy atom. The van der Waals surface area contributed by atoms with Crippen molar-refractivity contribution in [2.45, 2.75) is 19.4 Å². The number of aromatic hydroxyl groups is 1. The predicted octanol–water partition coefficient (Wildman–Crippen LogP) is 1.67. The Kier molecular flexibility index (Phi) is 2.88. The maximum absolute atomic E-state index is 9.44. The highest BCUT2D eigenvalue weighted by atomic mass is 16.3. The zero-order chi connectivity index (χ0) is 9.84. The third-order valence-corrected chi connectivity index (χ3v) is 2.00. The van der Waals surface area contributed by atoms with Gasteiger partial charge in [-0.1, -0.05) is 6.92 Å². The number of benzene rings is 1. The molecule has 0 unspecified atom stereocenters. The van der Waals surface area contributed by atoms with E-state index in [4.69, 9.17) is 11.0 Å². The first-order valence-electron chi connectivity index (χ1n) is 4.17. The van der Waals surface area contributed by atoms with Crippen LogP contribution < -0.4 is 5.73 Å². The lowest BCUT2D eigenvalue weighted by Gasteiger charge is -2.10. The van der Waals surface area contributed by atoms with Crippen LogP contribution in [0.2, 0.25) is 0 Å². The topological polar surface area (TPSA) is 70.0 Å². The molecule has 0 heterocycles. The summed E-state index contributed by atoms with van der Waals surface area (Å²) in [5, 5.41) is 18.1. The Morgan fingerprint density at radius 1 is 1.62 bits per heavy atom. The third kappa shape index (κ3) is 1.98. The third-order valence-electron chi connectivity index (χ3n) is 2.00. The second-order valence-electron chi connectivity index (χ2n) is 2.90. The van der Waals surface area contributed by atoms with Gasteiger partial charge in [0.05, 0.1) is 11.6 Å². The first kappa shape index (κ1) is 9.56. The summed E-state index contributed by atoms with van der Waals surface area (Å²) in [6, 6.07) is 6.51. The number of hydrogen-bond donors (Lipinski definition) is 2. The van der Waals surface area contributed by atoms with Crippen molar-refractivity contribution in [1.82, 2.24) is 0 Å². The molecule has 0 saturated carbocycles. The van der Waals surface area contributed by atoms with Gasteiger partial charge in [-0.05, 0) is 24.6 Å². The average Bonchev–Trinajstić information content (AvgIpc) is 2.17. The Balaban J connectivity index is 3.12. The molecule has 0 radical (unpaired) electrons. The SMILES string of the molecule is CC[C@@H](N)c1cc(C#N)ccc1O. The molecule has 0 saturated heterocycles. The first-order chi connectivity index (χ1) is 6.19. The van der Waals surface area contributed by atoms with Gasteiger partial charge < -0.3 is 10.8 Å². The van der Waals surface area contributed by atoms with Gasteiger partial charge in [0.15, 0.2) is 0 Å². The van der Waals surface area contributed by atoms with Crippen LogP contribution in [0.15, 0.2) is 18.2 Å². The molecule has 68 valence electrons. The maximum atomic E-state index is 9.44. The summed E-state index contributed by atoms with van der Waals surface area (Å²) in [4.78, 5) is 0. The van der Waals surface area contributed by atoms with Gasteiger partial charge in [0, 0.05) is 11.6 Å². The average molecular weight is 176 g/mol. The molecule has 0 aliphatic heterocycles. The molecular formula is C10H12N2O. The first-order valence-corrected chi connectivity index (χ1v) is 4.17. The van der Waals surface area contributed by atoms with Gasteiger partial charge in [-0.15, -0.1) is 0 Å². The number of phenolic OH excluding ortho intramolecular Hbond substituents is 1. The van der Waals surface area contributed by atoms with Crippen molar-refractivity contribution in [3.05, 3.63) is 29.3 Å². The second kappa shape index (κ2) is 3.92. The zero-order valence-electron chi connectivity index (χ0n) is 7.49. The van der Waals surface area contributed by atoms with Gasteiger partial charge >= 0.3 is 0 Å². The summed E-state index contributed by atoms with van der Waals surface area (Å²) < 4.78 is 0. The lowest BCUT2D eigenvalue weighted by Crippen LogP contribution is -2.08. The van der Waals surface area contributed by atoms with Gasteiger partial charge in [0.1, 0.15) is 5.75 Å². The molecule has 1 aromatic rings. The number of nitriles is 1. The molecule has 1 atom stereocenters. The van der Waals surface area contributed by atoms with Crippen molar-refractivity contribution >= 4 is 0 Å². The van der Waals surface area contributed by atoms with Gasteiger partial charge in [-0.25, -0.2) is 0 Å². The van der Waals surface area contributed by atoms with Gasteiger partial charge in [-0.3, -0.25) is 0 Å². The quantitative estimate of drug-likeness (QED) is 0.720. The molecule has 3 heteroatoms. The largest absolute Gasteiger partial charge is 0.508 e. The van der Waals surface area contributed by atoms with Crippen LogP contribution in [0.4, 0.5) is 0 Å². The molecule has 3 N–H and O–H groups in total. The van der Waals surface area contributed by atoms with E-state index in [-0.39, 0.29) is 11.8 Å².